The molecule has 1 aliphatic rings. The van der Waals surface area contributed by atoms with Crippen molar-refractivity contribution in [3.8, 4) is 5.69 Å². The average molecular weight is 431 g/mol. The lowest BCUT2D eigenvalue weighted by molar-refractivity contribution is 0.0941. The number of aryl methyl sites for hydroxylation is 1. The van der Waals surface area contributed by atoms with Crippen LogP contribution in [-0.2, 0) is 11.3 Å². The van der Waals surface area contributed by atoms with Crippen molar-refractivity contribution in [2.75, 3.05) is 12.4 Å². The minimum absolute atomic E-state index is 0.00459. The Kier molecular flexibility index (Phi) is 5.92. The quantitative estimate of drug-likeness (QED) is 0.460. The van der Waals surface area contributed by atoms with Crippen molar-refractivity contribution in [3.63, 3.8) is 0 Å². The maximum atomic E-state index is 14.3. The molecule has 0 aliphatic carbocycles. The third kappa shape index (κ3) is 3.99. The molecule has 3 heterocycles. The van der Waals surface area contributed by atoms with E-state index in [1.807, 2.05) is 6.92 Å². The number of rotatable bonds is 7. The fourth-order valence-electron chi connectivity index (χ4n) is 3.82. The van der Waals surface area contributed by atoms with E-state index in [1.54, 1.807) is 35.8 Å². The number of thioether (sulfide) groups is 1. The predicted molar refractivity (Wildman–Crippen MR) is 112 cm³/mol. The number of ketones is 1. The summed E-state index contributed by atoms with van der Waals surface area (Å²) in [5.41, 5.74) is 2.10. The maximum Gasteiger partial charge on any atom is 0.344 e. The van der Waals surface area contributed by atoms with Crippen molar-refractivity contribution < 1.29 is 13.9 Å². The first-order valence-electron chi connectivity index (χ1n) is 9.82. The van der Waals surface area contributed by atoms with Gasteiger partial charge in [0, 0.05) is 23.6 Å². The largest absolute Gasteiger partial charge is 0.376 e. The van der Waals surface area contributed by atoms with E-state index >= 15 is 0 Å². The van der Waals surface area contributed by atoms with E-state index in [4.69, 9.17) is 4.74 Å². The Bertz CT molecular complexity index is 1130. The van der Waals surface area contributed by atoms with Crippen molar-refractivity contribution in [2.24, 2.45) is 0 Å². The number of nitrogens with zero attached hydrogens (tertiary/aromatic N) is 3. The van der Waals surface area contributed by atoms with Gasteiger partial charge in [-0.2, -0.15) is 0 Å². The lowest BCUT2D eigenvalue weighted by Gasteiger charge is -2.11. The van der Waals surface area contributed by atoms with Crippen LogP contribution in [0.5, 0.6) is 0 Å². The highest BCUT2D eigenvalue weighted by molar-refractivity contribution is 7.99. The van der Waals surface area contributed by atoms with Crippen LogP contribution in [0.4, 0.5) is 4.39 Å². The number of para-hydroxylation sites is 1. The molecule has 3 aromatic rings. The molecule has 4 rings (SSSR count). The minimum atomic E-state index is -0.345. The highest BCUT2D eigenvalue weighted by Gasteiger charge is 2.22. The van der Waals surface area contributed by atoms with Gasteiger partial charge in [0.05, 0.1) is 24.1 Å². The highest BCUT2D eigenvalue weighted by Crippen LogP contribution is 2.25. The summed E-state index contributed by atoms with van der Waals surface area (Å²) in [6.07, 6.45) is 1.88. The van der Waals surface area contributed by atoms with Gasteiger partial charge in [0.25, 0.3) is 0 Å². The van der Waals surface area contributed by atoms with Gasteiger partial charge in [-0.15, -0.1) is 5.10 Å². The molecule has 0 bridgehead atoms. The lowest BCUT2D eigenvalue weighted by atomic mass is 10.2. The second-order valence-electron chi connectivity index (χ2n) is 7.34. The number of carbonyl (C=O) groups excluding carboxylic acids is 1. The van der Waals surface area contributed by atoms with Gasteiger partial charge in [0.2, 0.25) is 0 Å². The first-order chi connectivity index (χ1) is 14.5. The fourth-order valence-corrected chi connectivity index (χ4v) is 4.66. The molecule has 2 aromatic heterocycles. The first-order valence-corrected chi connectivity index (χ1v) is 10.8. The molecule has 158 valence electrons. The number of aromatic amines is 1. The number of hydrogen-bond donors (Lipinski definition) is 1. The molecular formula is C21H23FN4O3S. The standard InChI is InChI=1S/C21H23FN4O3S/c1-13-10-16(14(2)26(13)18-8-4-3-7-17(18)22)19(27)12-30-21-24-23-20(28)25(21)11-15-6-5-9-29-15/h3-4,7-8,10,15H,5-6,9,11-12H2,1-2H3,(H,23,28)/t15-/m0/s1. The van der Waals surface area contributed by atoms with Gasteiger partial charge in [-0.1, -0.05) is 23.9 Å². The topological polar surface area (TPSA) is 81.9 Å². The van der Waals surface area contributed by atoms with Crippen LogP contribution in [0, 0.1) is 19.7 Å². The van der Waals surface area contributed by atoms with Crippen LogP contribution in [0.15, 0.2) is 40.3 Å². The number of H-pyrrole nitrogens is 1. The molecule has 30 heavy (non-hydrogen) atoms. The normalized spacial score (nSPS) is 16.3. The molecule has 0 amide bonds. The number of aromatic nitrogens is 4. The SMILES string of the molecule is Cc1cc(C(=O)CSc2n[nH]c(=O)n2C[C@@H]2CCCO2)c(C)n1-c1ccccc1F. The van der Waals surface area contributed by atoms with Crippen LogP contribution >= 0.6 is 11.8 Å². The van der Waals surface area contributed by atoms with E-state index in [9.17, 15) is 14.0 Å². The van der Waals surface area contributed by atoms with Crippen molar-refractivity contribution in [1.29, 1.82) is 0 Å². The number of Topliss-reactive ketones (excluding diaryl/α,β-unsaturated/α-hetero) is 1. The number of nitrogens with one attached hydrogen (secondary N) is 1. The van der Waals surface area contributed by atoms with Gasteiger partial charge < -0.3 is 9.30 Å². The minimum Gasteiger partial charge on any atom is -0.376 e. The van der Waals surface area contributed by atoms with E-state index in [0.29, 0.717) is 35.3 Å². The van der Waals surface area contributed by atoms with E-state index in [1.165, 1.54) is 22.4 Å². The van der Waals surface area contributed by atoms with E-state index in [0.717, 1.165) is 18.5 Å². The Labute approximate surface area is 177 Å². The first kappa shape index (κ1) is 20.6. The van der Waals surface area contributed by atoms with Crippen LogP contribution in [-0.4, -0.2) is 43.6 Å². The second-order valence-corrected chi connectivity index (χ2v) is 8.28. The van der Waals surface area contributed by atoms with Crippen LogP contribution in [0.3, 0.4) is 0 Å². The van der Waals surface area contributed by atoms with Crippen LogP contribution < -0.4 is 5.69 Å². The number of hydrogen-bond acceptors (Lipinski definition) is 5. The molecule has 7 nitrogen and oxygen atoms in total. The Balaban J connectivity index is 1.51. The zero-order chi connectivity index (χ0) is 21.3. The molecule has 0 radical (unpaired) electrons. The summed E-state index contributed by atoms with van der Waals surface area (Å²) in [6.45, 7) is 4.78. The van der Waals surface area contributed by atoms with Gasteiger partial charge in [0.1, 0.15) is 5.82 Å². The van der Waals surface area contributed by atoms with E-state index in [-0.39, 0.29) is 29.1 Å². The Hall–Kier alpha value is -2.65. The molecule has 9 heteroatoms. The summed E-state index contributed by atoms with van der Waals surface area (Å²) in [4.78, 5) is 25.0. The van der Waals surface area contributed by atoms with Gasteiger partial charge in [-0.25, -0.2) is 14.3 Å². The third-order valence-corrected chi connectivity index (χ3v) is 6.27. The van der Waals surface area contributed by atoms with Crippen LogP contribution in [0.1, 0.15) is 34.6 Å². The summed E-state index contributed by atoms with van der Waals surface area (Å²) in [7, 11) is 0. The van der Waals surface area contributed by atoms with Gasteiger partial charge in [0.15, 0.2) is 10.9 Å². The Morgan fingerprint density at radius 2 is 2.17 bits per heavy atom. The monoisotopic (exact) mass is 430 g/mol. The smallest absolute Gasteiger partial charge is 0.344 e. The van der Waals surface area contributed by atoms with Crippen molar-refractivity contribution in [1.82, 2.24) is 19.3 Å². The predicted octanol–water partition coefficient (Wildman–Crippen LogP) is 3.27. The summed E-state index contributed by atoms with van der Waals surface area (Å²) in [5.74, 6) is -0.325. The van der Waals surface area contributed by atoms with Gasteiger partial charge >= 0.3 is 5.69 Å². The molecule has 1 aliphatic heterocycles. The van der Waals surface area contributed by atoms with Crippen molar-refractivity contribution in [2.45, 2.75) is 44.5 Å². The van der Waals surface area contributed by atoms with Gasteiger partial charge in [-0.3, -0.25) is 9.36 Å². The number of ether oxygens (including phenoxy) is 1. The Morgan fingerprint density at radius 1 is 1.37 bits per heavy atom. The van der Waals surface area contributed by atoms with Crippen molar-refractivity contribution in [3.05, 3.63) is 63.6 Å². The molecule has 1 aromatic carbocycles. The maximum absolute atomic E-state index is 14.3. The number of halogens is 1. The number of benzene rings is 1. The molecule has 0 unspecified atom stereocenters. The van der Waals surface area contributed by atoms with Crippen LogP contribution in [0.2, 0.25) is 0 Å². The molecule has 1 fully saturated rings. The molecule has 0 saturated carbocycles. The highest BCUT2D eigenvalue weighted by atomic mass is 32.2. The average Bonchev–Trinajstić information content (AvgIpc) is 3.43. The summed E-state index contributed by atoms with van der Waals surface area (Å²) in [5, 5.41) is 6.97. The molecule has 0 spiro atoms. The Morgan fingerprint density at radius 3 is 2.90 bits per heavy atom. The van der Waals surface area contributed by atoms with Gasteiger partial charge in [-0.05, 0) is 44.9 Å². The molecule has 1 saturated heterocycles. The lowest BCUT2D eigenvalue weighted by Crippen LogP contribution is -2.25. The van der Waals surface area contributed by atoms with Crippen molar-refractivity contribution >= 4 is 17.5 Å². The zero-order valence-corrected chi connectivity index (χ0v) is 17.7. The molecule has 1 N–H and O–H groups in total. The van der Waals surface area contributed by atoms with Crippen LogP contribution in [0.25, 0.3) is 5.69 Å². The molecular weight excluding hydrogens is 407 g/mol. The van der Waals surface area contributed by atoms with E-state index in [2.05, 4.69) is 10.2 Å². The fraction of sp³-hybridized carbons (Fsp3) is 0.381. The number of carbonyl (C=O) groups is 1. The third-order valence-electron chi connectivity index (χ3n) is 5.29. The summed E-state index contributed by atoms with van der Waals surface area (Å²) >= 11 is 1.21. The summed E-state index contributed by atoms with van der Waals surface area (Å²) < 4.78 is 23.1. The molecule has 1 atom stereocenters. The zero-order valence-electron chi connectivity index (χ0n) is 16.9. The second kappa shape index (κ2) is 8.61. The summed E-state index contributed by atoms with van der Waals surface area (Å²) in [6, 6.07) is 8.26. The van der Waals surface area contributed by atoms with E-state index < -0.39 is 0 Å².